The monoisotopic (exact) mass is 378 g/mol. The van der Waals surface area contributed by atoms with Gasteiger partial charge >= 0.3 is 0 Å². The molecule has 26 heavy (non-hydrogen) atoms. The fourth-order valence-corrected chi connectivity index (χ4v) is 3.79. The number of phenolic OH excluding ortho intramolecular Hbond substituents is 1. The van der Waals surface area contributed by atoms with Crippen LogP contribution in [0, 0.1) is 0 Å². The third-order valence-electron chi connectivity index (χ3n) is 4.44. The molecule has 1 aromatic heterocycles. The number of carbonyl (C=O) groups is 1. The number of aromatic hydroxyl groups is 1. The van der Waals surface area contributed by atoms with Crippen molar-refractivity contribution in [3.8, 4) is 5.75 Å². The van der Waals surface area contributed by atoms with Gasteiger partial charge in [-0.2, -0.15) is 5.10 Å². The largest absolute Gasteiger partial charge is 0.506 e. The standard InChI is InChI=1S/C17H22N4O4S/c1-2-26(24,25)13-5-6-16(22)15(10-13)19-17(23)14-7-9-21(20-14)12-4-3-8-18-11-12/h5-7,9-10,12,18,22H,2-4,8,11H2,1H3,(H,19,23). The minimum Gasteiger partial charge on any atom is -0.506 e. The molecule has 0 aliphatic carbocycles. The lowest BCUT2D eigenvalue weighted by Gasteiger charge is -2.22. The van der Waals surface area contributed by atoms with Crippen molar-refractivity contribution in [2.24, 2.45) is 0 Å². The van der Waals surface area contributed by atoms with E-state index in [0.29, 0.717) is 0 Å². The van der Waals surface area contributed by atoms with Crippen LogP contribution in [0.3, 0.4) is 0 Å². The van der Waals surface area contributed by atoms with Crippen molar-refractivity contribution in [3.05, 3.63) is 36.2 Å². The van der Waals surface area contributed by atoms with Crippen LogP contribution in [0.1, 0.15) is 36.3 Å². The summed E-state index contributed by atoms with van der Waals surface area (Å²) < 4.78 is 25.7. The Labute approximate surface area is 152 Å². The summed E-state index contributed by atoms with van der Waals surface area (Å²) in [6.45, 7) is 3.33. The van der Waals surface area contributed by atoms with Gasteiger partial charge in [0.05, 0.1) is 22.4 Å². The van der Waals surface area contributed by atoms with Gasteiger partial charge in [-0.15, -0.1) is 0 Å². The number of rotatable bonds is 5. The Morgan fingerprint density at radius 1 is 1.42 bits per heavy atom. The number of nitrogens with zero attached hydrogens (tertiary/aromatic N) is 2. The third kappa shape index (κ3) is 3.88. The number of anilines is 1. The highest BCUT2D eigenvalue weighted by molar-refractivity contribution is 7.91. The second-order valence-electron chi connectivity index (χ2n) is 6.22. The Kier molecular flexibility index (Phi) is 5.28. The second-order valence-corrected chi connectivity index (χ2v) is 8.50. The zero-order chi connectivity index (χ0) is 18.7. The molecule has 2 heterocycles. The number of hydrogen-bond acceptors (Lipinski definition) is 6. The maximum atomic E-state index is 12.4. The van der Waals surface area contributed by atoms with Crippen molar-refractivity contribution in [3.63, 3.8) is 0 Å². The van der Waals surface area contributed by atoms with Crippen LogP contribution in [0.2, 0.25) is 0 Å². The van der Waals surface area contributed by atoms with E-state index in [1.54, 1.807) is 16.9 Å². The molecule has 0 bridgehead atoms. The van der Waals surface area contributed by atoms with Crippen molar-refractivity contribution in [2.45, 2.75) is 30.7 Å². The number of nitrogens with one attached hydrogen (secondary N) is 2. The number of sulfone groups is 1. The van der Waals surface area contributed by atoms with Gasteiger partial charge in [0.15, 0.2) is 15.5 Å². The number of carbonyl (C=O) groups excluding carboxylic acids is 1. The molecule has 1 amide bonds. The molecule has 1 saturated heterocycles. The van der Waals surface area contributed by atoms with Crippen molar-refractivity contribution in [1.82, 2.24) is 15.1 Å². The third-order valence-corrected chi connectivity index (χ3v) is 6.17. The summed E-state index contributed by atoms with van der Waals surface area (Å²) in [6, 6.07) is 5.64. The van der Waals surface area contributed by atoms with E-state index in [4.69, 9.17) is 0 Å². The number of benzene rings is 1. The lowest BCUT2D eigenvalue weighted by molar-refractivity contribution is 0.102. The first-order valence-corrected chi connectivity index (χ1v) is 10.2. The minimum absolute atomic E-state index is 0.0402. The van der Waals surface area contributed by atoms with Crippen molar-refractivity contribution >= 4 is 21.4 Å². The van der Waals surface area contributed by atoms with E-state index in [1.807, 2.05) is 0 Å². The summed E-state index contributed by atoms with van der Waals surface area (Å²) in [6.07, 6.45) is 3.80. The van der Waals surface area contributed by atoms with Gasteiger partial charge in [-0.3, -0.25) is 9.48 Å². The van der Waals surface area contributed by atoms with Gasteiger partial charge in [-0.05, 0) is 43.7 Å². The van der Waals surface area contributed by atoms with Gasteiger partial charge in [0.25, 0.3) is 5.91 Å². The van der Waals surface area contributed by atoms with Gasteiger partial charge in [0, 0.05) is 12.7 Å². The SMILES string of the molecule is CCS(=O)(=O)c1ccc(O)c(NC(=O)c2ccn(C3CCCNC3)n2)c1. The summed E-state index contributed by atoms with van der Waals surface area (Å²) in [5.74, 6) is -0.775. The Morgan fingerprint density at radius 3 is 2.92 bits per heavy atom. The summed E-state index contributed by atoms with van der Waals surface area (Å²) in [5, 5.41) is 20.1. The van der Waals surface area contributed by atoms with E-state index in [2.05, 4.69) is 15.7 Å². The average molecular weight is 378 g/mol. The average Bonchev–Trinajstić information content (AvgIpc) is 3.14. The summed E-state index contributed by atoms with van der Waals surface area (Å²) in [7, 11) is -3.44. The number of piperidine rings is 1. The molecule has 1 aromatic carbocycles. The molecule has 3 N–H and O–H groups in total. The maximum Gasteiger partial charge on any atom is 0.276 e. The number of hydrogen-bond donors (Lipinski definition) is 3. The maximum absolute atomic E-state index is 12.4. The molecule has 1 atom stereocenters. The molecule has 0 radical (unpaired) electrons. The molecule has 3 rings (SSSR count). The van der Waals surface area contributed by atoms with Crippen LogP contribution >= 0.6 is 0 Å². The summed E-state index contributed by atoms with van der Waals surface area (Å²) in [5.41, 5.74) is 0.247. The van der Waals surface area contributed by atoms with Gasteiger partial charge in [-0.25, -0.2) is 8.42 Å². The quantitative estimate of drug-likeness (QED) is 0.681. The fraction of sp³-hybridized carbons (Fsp3) is 0.412. The van der Waals surface area contributed by atoms with Crippen LogP contribution in [0.5, 0.6) is 5.75 Å². The highest BCUT2D eigenvalue weighted by Crippen LogP contribution is 2.27. The highest BCUT2D eigenvalue weighted by atomic mass is 32.2. The zero-order valence-corrected chi connectivity index (χ0v) is 15.3. The molecule has 1 unspecified atom stereocenters. The Bertz CT molecular complexity index is 901. The van der Waals surface area contributed by atoms with Gasteiger partial charge in [0.1, 0.15) is 5.75 Å². The first kappa shape index (κ1) is 18.4. The lowest BCUT2D eigenvalue weighted by atomic mass is 10.1. The van der Waals surface area contributed by atoms with Gasteiger partial charge in [0.2, 0.25) is 0 Å². The predicted octanol–water partition coefficient (Wildman–Crippen LogP) is 1.56. The van der Waals surface area contributed by atoms with Crippen LogP contribution < -0.4 is 10.6 Å². The van der Waals surface area contributed by atoms with Gasteiger partial charge < -0.3 is 15.7 Å². The van der Waals surface area contributed by atoms with Crippen LogP contribution in [0.15, 0.2) is 35.4 Å². The second kappa shape index (κ2) is 7.46. The Balaban J connectivity index is 1.78. The summed E-state index contributed by atoms with van der Waals surface area (Å²) in [4.78, 5) is 12.5. The van der Waals surface area contributed by atoms with Crippen molar-refractivity contribution in [1.29, 1.82) is 0 Å². The first-order chi connectivity index (χ1) is 12.4. The molecule has 1 fully saturated rings. The number of phenols is 1. The molecule has 8 nitrogen and oxygen atoms in total. The highest BCUT2D eigenvalue weighted by Gasteiger charge is 2.19. The molecule has 1 aliphatic heterocycles. The topological polar surface area (TPSA) is 113 Å². The van der Waals surface area contributed by atoms with E-state index >= 15 is 0 Å². The molecule has 9 heteroatoms. The van der Waals surface area contributed by atoms with E-state index < -0.39 is 15.7 Å². The number of amides is 1. The lowest BCUT2D eigenvalue weighted by Crippen LogP contribution is -2.32. The molecule has 0 spiro atoms. The normalized spacial score (nSPS) is 17.8. The van der Waals surface area contributed by atoms with E-state index in [9.17, 15) is 18.3 Å². The minimum atomic E-state index is -3.44. The molecule has 1 aliphatic rings. The summed E-state index contributed by atoms with van der Waals surface area (Å²) >= 11 is 0. The molecular weight excluding hydrogens is 356 g/mol. The van der Waals surface area contributed by atoms with Crippen LogP contribution in [-0.2, 0) is 9.84 Å². The number of aromatic nitrogens is 2. The smallest absolute Gasteiger partial charge is 0.276 e. The van der Waals surface area contributed by atoms with E-state index in [1.165, 1.54) is 25.1 Å². The first-order valence-electron chi connectivity index (χ1n) is 8.53. The molecule has 2 aromatic rings. The van der Waals surface area contributed by atoms with Crippen LogP contribution in [-0.4, -0.2) is 48.1 Å². The van der Waals surface area contributed by atoms with E-state index in [0.717, 1.165) is 25.9 Å². The molecule has 140 valence electrons. The molecular formula is C17H22N4O4S. The van der Waals surface area contributed by atoms with Crippen LogP contribution in [0.25, 0.3) is 0 Å². The van der Waals surface area contributed by atoms with Gasteiger partial charge in [-0.1, -0.05) is 6.92 Å². The zero-order valence-electron chi connectivity index (χ0n) is 14.5. The van der Waals surface area contributed by atoms with Crippen molar-refractivity contribution < 1.29 is 18.3 Å². The molecule has 0 saturated carbocycles. The Morgan fingerprint density at radius 2 is 2.23 bits per heavy atom. The van der Waals surface area contributed by atoms with E-state index in [-0.39, 0.29) is 33.8 Å². The van der Waals surface area contributed by atoms with Crippen molar-refractivity contribution in [2.75, 3.05) is 24.2 Å². The van der Waals surface area contributed by atoms with Crippen LogP contribution in [0.4, 0.5) is 5.69 Å². The predicted molar refractivity (Wildman–Crippen MR) is 97.2 cm³/mol. The fourth-order valence-electron chi connectivity index (χ4n) is 2.88. The Hall–Kier alpha value is -2.39.